The molecule has 0 aliphatic carbocycles. The zero-order valence-corrected chi connectivity index (χ0v) is 10.4. The predicted octanol–water partition coefficient (Wildman–Crippen LogP) is 2.99. The van der Waals surface area contributed by atoms with Crippen LogP contribution in [0.4, 0.5) is 13.2 Å². The summed E-state index contributed by atoms with van der Waals surface area (Å²) < 4.78 is 37.5. The lowest BCUT2D eigenvalue weighted by Gasteiger charge is -2.22. The van der Waals surface area contributed by atoms with Gasteiger partial charge in [0, 0.05) is 12.6 Å². The van der Waals surface area contributed by atoms with E-state index in [-0.39, 0.29) is 6.04 Å². The smallest absolute Gasteiger partial charge is 0.403 e. The molecule has 0 aromatic heterocycles. The van der Waals surface area contributed by atoms with Gasteiger partial charge < -0.3 is 10.4 Å². The average molecular weight is 275 g/mol. The number of benzene rings is 1. The molecule has 1 aromatic carbocycles. The lowest BCUT2D eigenvalue weighted by molar-refractivity contribution is -0.192. The summed E-state index contributed by atoms with van der Waals surface area (Å²) in [6.07, 6.45) is -4.16. The van der Waals surface area contributed by atoms with Crippen molar-refractivity contribution in [2.75, 3.05) is 6.54 Å². The van der Waals surface area contributed by atoms with Crippen LogP contribution in [-0.4, -0.2) is 23.8 Å². The SMILES string of the molecule is CCC(NCC(C(=O)O)C(F)(F)F)c1ccccc1. The number of halogens is 3. The molecule has 3 nitrogen and oxygen atoms in total. The number of aliphatic carboxylic acids is 1. The van der Waals surface area contributed by atoms with Crippen LogP contribution in [0.3, 0.4) is 0 Å². The second-order valence-corrected chi connectivity index (χ2v) is 4.21. The fourth-order valence-electron chi connectivity index (χ4n) is 1.79. The predicted molar refractivity (Wildman–Crippen MR) is 64.7 cm³/mol. The quantitative estimate of drug-likeness (QED) is 0.839. The van der Waals surface area contributed by atoms with Gasteiger partial charge in [-0.25, -0.2) is 0 Å². The van der Waals surface area contributed by atoms with E-state index in [2.05, 4.69) is 5.32 Å². The third kappa shape index (κ3) is 4.55. The molecule has 0 saturated heterocycles. The van der Waals surface area contributed by atoms with E-state index in [9.17, 15) is 18.0 Å². The van der Waals surface area contributed by atoms with Crippen LogP contribution in [-0.2, 0) is 4.79 Å². The van der Waals surface area contributed by atoms with E-state index in [0.29, 0.717) is 6.42 Å². The lowest BCUT2D eigenvalue weighted by atomic mass is 10.0. The van der Waals surface area contributed by atoms with Crippen LogP contribution in [0.2, 0.25) is 0 Å². The van der Waals surface area contributed by atoms with E-state index >= 15 is 0 Å². The molecular formula is C13H16F3NO2. The third-order valence-corrected chi connectivity index (χ3v) is 2.87. The number of carboxylic acids is 1. The van der Waals surface area contributed by atoms with Gasteiger partial charge in [-0.1, -0.05) is 37.3 Å². The second kappa shape index (κ2) is 6.56. The first-order valence-corrected chi connectivity index (χ1v) is 5.94. The van der Waals surface area contributed by atoms with Crippen LogP contribution in [0.1, 0.15) is 24.9 Å². The average Bonchev–Trinajstić information content (AvgIpc) is 2.33. The molecule has 6 heteroatoms. The van der Waals surface area contributed by atoms with Gasteiger partial charge in [-0.15, -0.1) is 0 Å². The van der Waals surface area contributed by atoms with E-state index in [1.807, 2.05) is 13.0 Å². The Hall–Kier alpha value is -1.56. The van der Waals surface area contributed by atoms with Crippen LogP contribution in [0.25, 0.3) is 0 Å². The normalized spacial score (nSPS) is 14.9. The van der Waals surface area contributed by atoms with E-state index in [1.54, 1.807) is 24.3 Å². The molecule has 0 aliphatic rings. The summed E-state index contributed by atoms with van der Waals surface area (Å²) in [5.41, 5.74) is 0.844. The Labute approximate surface area is 109 Å². The fourth-order valence-corrected chi connectivity index (χ4v) is 1.79. The van der Waals surface area contributed by atoms with Crippen LogP contribution < -0.4 is 5.32 Å². The number of carbonyl (C=O) groups is 1. The first-order chi connectivity index (χ1) is 8.86. The molecule has 106 valence electrons. The highest BCUT2D eigenvalue weighted by Gasteiger charge is 2.44. The van der Waals surface area contributed by atoms with Crippen molar-refractivity contribution in [3.8, 4) is 0 Å². The summed E-state index contributed by atoms with van der Waals surface area (Å²) in [5, 5.41) is 11.3. The maximum atomic E-state index is 12.5. The Bertz CT molecular complexity index is 406. The Morgan fingerprint density at radius 2 is 1.89 bits per heavy atom. The number of rotatable bonds is 6. The first-order valence-electron chi connectivity index (χ1n) is 5.94. The highest BCUT2D eigenvalue weighted by molar-refractivity contribution is 5.71. The van der Waals surface area contributed by atoms with Crippen molar-refractivity contribution in [1.29, 1.82) is 0 Å². The number of hydrogen-bond donors (Lipinski definition) is 2. The summed E-state index contributed by atoms with van der Waals surface area (Å²) in [5.74, 6) is -4.24. The van der Waals surface area contributed by atoms with Crippen LogP contribution in [0, 0.1) is 5.92 Å². The molecule has 1 rings (SSSR count). The zero-order chi connectivity index (χ0) is 14.5. The number of nitrogens with one attached hydrogen (secondary N) is 1. The van der Waals surface area contributed by atoms with Gasteiger partial charge in [0.05, 0.1) is 0 Å². The van der Waals surface area contributed by atoms with Gasteiger partial charge in [-0.05, 0) is 12.0 Å². The second-order valence-electron chi connectivity index (χ2n) is 4.21. The fraction of sp³-hybridized carbons (Fsp3) is 0.462. The van der Waals surface area contributed by atoms with Crippen LogP contribution in [0.15, 0.2) is 30.3 Å². The number of hydrogen-bond acceptors (Lipinski definition) is 2. The van der Waals surface area contributed by atoms with Gasteiger partial charge >= 0.3 is 12.1 Å². The van der Waals surface area contributed by atoms with Crippen molar-refractivity contribution < 1.29 is 23.1 Å². The minimum atomic E-state index is -4.74. The molecule has 0 spiro atoms. The molecule has 0 fully saturated rings. The lowest BCUT2D eigenvalue weighted by Crippen LogP contribution is -2.40. The summed E-state index contributed by atoms with van der Waals surface area (Å²) in [6, 6.07) is 8.70. The molecule has 19 heavy (non-hydrogen) atoms. The van der Waals surface area contributed by atoms with Gasteiger partial charge in [0.2, 0.25) is 0 Å². The largest absolute Gasteiger partial charge is 0.481 e. The first kappa shape index (κ1) is 15.5. The van der Waals surface area contributed by atoms with Gasteiger partial charge in [0.1, 0.15) is 0 Å². The Morgan fingerprint density at radius 1 is 1.32 bits per heavy atom. The molecule has 2 unspecified atom stereocenters. The monoisotopic (exact) mass is 275 g/mol. The third-order valence-electron chi connectivity index (χ3n) is 2.87. The summed E-state index contributed by atoms with van der Waals surface area (Å²) in [7, 11) is 0. The Balaban J connectivity index is 2.70. The highest BCUT2D eigenvalue weighted by Crippen LogP contribution is 2.27. The van der Waals surface area contributed by atoms with E-state index in [1.165, 1.54) is 0 Å². The van der Waals surface area contributed by atoms with E-state index < -0.39 is 24.6 Å². The number of alkyl halides is 3. The van der Waals surface area contributed by atoms with E-state index in [0.717, 1.165) is 5.56 Å². The maximum Gasteiger partial charge on any atom is 0.403 e. The van der Waals surface area contributed by atoms with Crippen molar-refractivity contribution in [2.24, 2.45) is 5.92 Å². The Morgan fingerprint density at radius 3 is 2.32 bits per heavy atom. The van der Waals surface area contributed by atoms with Crippen LogP contribution >= 0.6 is 0 Å². The van der Waals surface area contributed by atoms with Gasteiger partial charge in [0.15, 0.2) is 5.92 Å². The van der Waals surface area contributed by atoms with E-state index in [4.69, 9.17) is 5.11 Å². The molecular weight excluding hydrogens is 259 g/mol. The topological polar surface area (TPSA) is 49.3 Å². The van der Waals surface area contributed by atoms with Crippen LogP contribution in [0.5, 0.6) is 0 Å². The summed E-state index contributed by atoms with van der Waals surface area (Å²) in [4.78, 5) is 10.6. The van der Waals surface area contributed by atoms with Crippen molar-refractivity contribution >= 4 is 5.97 Å². The standard InChI is InChI=1S/C13H16F3NO2/c1-2-11(9-6-4-3-5-7-9)17-8-10(12(18)19)13(14,15)16/h3-7,10-11,17H,2,8H2,1H3,(H,18,19). The molecule has 0 aliphatic heterocycles. The Kier molecular flexibility index (Phi) is 5.35. The molecule has 0 bridgehead atoms. The molecule has 2 N–H and O–H groups in total. The van der Waals surface area contributed by atoms with Crippen molar-refractivity contribution in [3.63, 3.8) is 0 Å². The van der Waals surface area contributed by atoms with Gasteiger partial charge in [-0.2, -0.15) is 13.2 Å². The van der Waals surface area contributed by atoms with Gasteiger partial charge in [-0.3, -0.25) is 4.79 Å². The van der Waals surface area contributed by atoms with Crippen molar-refractivity contribution in [3.05, 3.63) is 35.9 Å². The molecule has 0 saturated carbocycles. The minimum Gasteiger partial charge on any atom is -0.481 e. The molecule has 0 radical (unpaired) electrons. The maximum absolute atomic E-state index is 12.5. The molecule has 0 amide bonds. The molecule has 1 aromatic rings. The highest BCUT2D eigenvalue weighted by atomic mass is 19.4. The molecule has 2 atom stereocenters. The zero-order valence-electron chi connectivity index (χ0n) is 10.4. The summed E-state index contributed by atoms with van der Waals surface area (Å²) in [6.45, 7) is 1.19. The summed E-state index contributed by atoms with van der Waals surface area (Å²) >= 11 is 0. The molecule has 0 heterocycles. The minimum absolute atomic E-state index is 0.287. The van der Waals surface area contributed by atoms with Crippen molar-refractivity contribution in [2.45, 2.75) is 25.6 Å². The number of carboxylic acid groups (broad SMARTS) is 1. The van der Waals surface area contributed by atoms with Crippen molar-refractivity contribution in [1.82, 2.24) is 5.32 Å². The van der Waals surface area contributed by atoms with Gasteiger partial charge in [0.25, 0.3) is 0 Å².